The van der Waals surface area contributed by atoms with Crippen LogP contribution >= 0.6 is 0 Å². The van der Waals surface area contributed by atoms with Crippen molar-refractivity contribution in [2.24, 2.45) is 0 Å². The molecule has 0 bridgehead atoms. The maximum atomic E-state index is 13.8. The summed E-state index contributed by atoms with van der Waals surface area (Å²) in [6, 6.07) is 22.5. The molecule has 0 radical (unpaired) electrons. The molecule has 13 heteroatoms. The van der Waals surface area contributed by atoms with Gasteiger partial charge in [0, 0.05) is 13.0 Å². The van der Waals surface area contributed by atoms with E-state index in [0.29, 0.717) is 0 Å². The Kier molecular flexibility index (Phi) is 15.6. The van der Waals surface area contributed by atoms with E-state index in [2.05, 4.69) is 21.3 Å². The number of aliphatic hydroxyl groups excluding tert-OH is 1. The van der Waals surface area contributed by atoms with E-state index in [4.69, 9.17) is 9.47 Å². The molecule has 0 saturated heterocycles. The zero-order chi connectivity index (χ0) is 37.4. The summed E-state index contributed by atoms with van der Waals surface area (Å²) in [6.07, 6.45) is -2.26. The van der Waals surface area contributed by atoms with Crippen LogP contribution in [0.5, 0.6) is 0 Å². The Morgan fingerprint density at radius 1 is 0.667 bits per heavy atom. The SMILES string of the molecule is COC(=O)[C@H](Cc1ccccc1)NC(=O)[C@H](CC(=O)O)NC(=O)[C@H](Cc1ccccc1)NCC(O)[C@H](Cc1ccccc1)NC(=O)OC(C)(C)C. The smallest absolute Gasteiger partial charge is 0.407 e. The van der Waals surface area contributed by atoms with Crippen molar-refractivity contribution < 1.29 is 43.7 Å². The quantitative estimate of drug-likeness (QED) is 0.107. The molecule has 0 aromatic heterocycles. The van der Waals surface area contributed by atoms with Gasteiger partial charge in [0.2, 0.25) is 11.8 Å². The number of rotatable bonds is 18. The fraction of sp³-hybridized carbons (Fsp3) is 0.395. The highest BCUT2D eigenvalue weighted by molar-refractivity contribution is 5.94. The highest BCUT2D eigenvalue weighted by Crippen LogP contribution is 2.12. The lowest BCUT2D eigenvalue weighted by Crippen LogP contribution is -2.58. The minimum atomic E-state index is -1.55. The van der Waals surface area contributed by atoms with Gasteiger partial charge in [0.15, 0.2) is 0 Å². The first kappa shape index (κ1) is 40.2. The van der Waals surface area contributed by atoms with Crippen LogP contribution < -0.4 is 21.3 Å². The van der Waals surface area contributed by atoms with Gasteiger partial charge in [-0.25, -0.2) is 9.59 Å². The van der Waals surface area contributed by atoms with Gasteiger partial charge in [0.1, 0.15) is 17.7 Å². The van der Waals surface area contributed by atoms with Crippen molar-refractivity contribution in [3.8, 4) is 0 Å². The highest BCUT2D eigenvalue weighted by Gasteiger charge is 2.32. The van der Waals surface area contributed by atoms with Gasteiger partial charge in [-0.2, -0.15) is 0 Å². The van der Waals surface area contributed by atoms with Crippen molar-refractivity contribution in [3.05, 3.63) is 108 Å². The molecule has 5 atom stereocenters. The second-order valence-corrected chi connectivity index (χ2v) is 13.1. The molecule has 0 aliphatic carbocycles. The molecule has 3 amide bonds. The molecule has 13 nitrogen and oxygen atoms in total. The number of alkyl carbamates (subject to hydrolysis) is 1. The largest absolute Gasteiger partial charge is 0.481 e. The molecular weight excluding hydrogens is 656 g/mol. The fourth-order valence-electron chi connectivity index (χ4n) is 5.24. The third-order valence-corrected chi connectivity index (χ3v) is 7.73. The number of methoxy groups -OCH3 is 1. The van der Waals surface area contributed by atoms with Gasteiger partial charge in [0.25, 0.3) is 0 Å². The van der Waals surface area contributed by atoms with E-state index < -0.39 is 72.1 Å². The minimum Gasteiger partial charge on any atom is -0.481 e. The summed E-state index contributed by atoms with van der Waals surface area (Å²) in [7, 11) is 1.17. The normalized spacial score (nSPS) is 14.1. The molecule has 0 saturated carbocycles. The Bertz CT molecular complexity index is 1570. The lowest BCUT2D eigenvalue weighted by Gasteiger charge is -2.29. The summed E-state index contributed by atoms with van der Waals surface area (Å²) in [5.74, 6) is -3.70. The van der Waals surface area contributed by atoms with Crippen molar-refractivity contribution in [2.45, 2.75) is 82.3 Å². The molecule has 0 spiro atoms. The molecule has 51 heavy (non-hydrogen) atoms. The first-order valence-electron chi connectivity index (χ1n) is 16.7. The van der Waals surface area contributed by atoms with Gasteiger partial charge >= 0.3 is 18.0 Å². The van der Waals surface area contributed by atoms with Crippen molar-refractivity contribution in [2.75, 3.05) is 13.7 Å². The molecule has 3 aromatic carbocycles. The topological polar surface area (TPSA) is 192 Å². The molecule has 0 aliphatic rings. The number of amides is 3. The van der Waals surface area contributed by atoms with Gasteiger partial charge in [0.05, 0.1) is 31.7 Å². The van der Waals surface area contributed by atoms with Crippen molar-refractivity contribution >= 4 is 29.8 Å². The molecule has 0 heterocycles. The second-order valence-electron chi connectivity index (χ2n) is 13.1. The Hall–Kier alpha value is -5.27. The van der Waals surface area contributed by atoms with E-state index in [9.17, 15) is 34.2 Å². The lowest BCUT2D eigenvalue weighted by atomic mass is 10.00. The summed E-state index contributed by atoms with van der Waals surface area (Å²) >= 11 is 0. The van der Waals surface area contributed by atoms with Crippen LogP contribution in [-0.4, -0.2) is 89.6 Å². The summed E-state index contributed by atoms with van der Waals surface area (Å²) in [5.41, 5.74) is 1.54. The van der Waals surface area contributed by atoms with E-state index in [1.165, 1.54) is 7.11 Å². The summed E-state index contributed by atoms with van der Waals surface area (Å²) in [4.78, 5) is 64.4. The van der Waals surface area contributed by atoms with Crippen LogP contribution in [0.15, 0.2) is 91.0 Å². The zero-order valence-electron chi connectivity index (χ0n) is 29.3. The van der Waals surface area contributed by atoms with E-state index in [-0.39, 0.29) is 25.8 Å². The number of nitrogens with one attached hydrogen (secondary N) is 4. The number of aliphatic hydroxyl groups is 1. The predicted molar refractivity (Wildman–Crippen MR) is 190 cm³/mol. The average Bonchev–Trinajstić information content (AvgIpc) is 3.09. The Balaban J connectivity index is 1.80. The molecular formula is C38H48N4O9. The second kappa shape index (κ2) is 19.8. The van der Waals surface area contributed by atoms with Crippen LogP contribution in [0, 0.1) is 0 Å². The van der Waals surface area contributed by atoms with Crippen molar-refractivity contribution in [3.63, 3.8) is 0 Å². The van der Waals surface area contributed by atoms with Gasteiger partial charge in [-0.05, 0) is 50.3 Å². The van der Waals surface area contributed by atoms with E-state index in [1.54, 1.807) is 75.4 Å². The van der Waals surface area contributed by atoms with E-state index in [1.807, 2.05) is 36.4 Å². The number of carboxylic acids is 1. The first-order valence-corrected chi connectivity index (χ1v) is 16.7. The number of aliphatic carboxylic acids is 1. The van der Waals surface area contributed by atoms with Crippen LogP contribution in [0.3, 0.4) is 0 Å². The van der Waals surface area contributed by atoms with Crippen LogP contribution in [0.2, 0.25) is 0 Å². The Labute approximate surface area is 298 Å². The van der Waals surface area contributed by atoms with E-state index in [0.717, 1.165) is 16.7 Å². The third kappa shape index (κ3) is 14.6. The number of benzene rings is 3. The molecule has 3 aromatic rings. The number of carboxylic acid groups (broad SMARTS) is 1. The van der Waals surface area contributed by atoms with Crippen molar-refractivity contribution in [1.82, 2.24) is 21.3 Å². The highest BCUT2D eigenvalue weighted by atomic mass is 16.6. The minimum absolute atomic E-state index is 0.0740. The molecule has 274 valence electrons. The standard InChI is InChI=1S/C38H48N4O9/c1-38(2,3)51-37(49)42-28(20-25-14-8-5-9-15-25)32(43)24-39-29(21-26-16-10-6-11-17-26)34(46)40-30(23-33(44)45)35(47)41-31(36(48)50-4)22-27-18-12-7-13-19-27/h5-19,28-32,39,43H,20-24H2,1-4H3,(H,40,46)(H,41,47)(H,42,49)(H,44,45)/t28-,29-,30-,31-,32?/m0/s1. The number of hydrogen-bond acceptors (Lipinski definition) is 9. The number of carbonyl (C=O) groups excluding carboxylic acids is 4. The molecule has 0 aliphatic heterocycles. The van der Waals surface area contributed by atoms with E-state index >= 15 is 0 Å². The zero-order valence-corrected chi connectivity index (χ0v) is 29.3. The van der Waals surface area contributed by atoms with Crippen LogP contribution in [0.1, 0.15) is 43.9 Å². The van der Waals surface area contributed by atoms with Crippen molar-refractivity contribution in [1.29, 1.82) is 0 Å². The van der Waals surface area contributed by atoms with Gasteiger partial charge in [-0.3, -0.25) is 14.4 Å². The fourth-order valence-corrected chi connectivity index (χ4v) is 5.24. The van der Waals surface area contributed by atoms with Gasteiger partial charge in [-0.1, -0.05) is 91.0 Å². The third-order valence-electron chi connectivity index (χ3n) is 7.73. The summed E-state index contributed by atoms with van der Waals surface area (Å²) in [6.45, 7) is 5.00. The van der Waals surface area contributed by atoms with Gasteiger partial charge in [-0.15, -0.1) is 0 Å². The number of carbonyl (C=O) groups is 5. The van der Waals surface area contributed by atoms with Crippen LogP contribution in [0.4, 0.5) is 4.79 Å². The van der Waals surface area contributed by atoms with Crippen LogP contribution in [0.25, 0.3) is 0 Å². The summed E-state index contributed by atoms with van der Waals surface area (Å²) in [5, 5.41) is 31.8. The number of hydrogen-bond donors (Lipinski definition) is 6. The maximum Gasteiger partial charge on any atom is 0.407 e. The molecule has 6 N–H and O–H groups in total. The number of ether oxygens (including phenoxy) is 2. The molecule has 1 unspecified atom stereocenters. The lowest BCUT2D eigenvalue weighted by molar-refractivity contribution is -0.145. The van der Waals surface area contributed by atoms with Crippen LogP contribution in [-0.2, 0) is 47.9 Å². The monoisotopic (exact) mass is 704 g/mol. The first-order chi connectivity index (χ1) is 24.2. The summed E-state index contributed by atoms with van der Waals surface area (Å²) < 4.78 is 10.3. The Morgan fingerprint density at radius 3 is 1.59 bits per heavy atom. The maximum absolute atomic E-state index is 13.8. The molecule has 3 rings (SSSR count). The molecule has 0 fully saturated rings. The Morgan fingerprint density at radius 2 is 1.12 bits per heavy atom. The predicted octanol–water partition coefficient (Wildman–Crippen LogP) is 2.54. The average molecular weight is 705 g/mol. The number of esters is 1. The van der Waals surface area contributed by atoms with Gasteiger partial charge < -0.3 is 41.0 Å².